The van der Waals surface area contributed by atoms with Gasteiger partial charge in [0.1, 0.15) is 11.5 Å². The molecule has 0 saturated heterocycles. The van der Waals surface area contributed by atoms with E-state index >= 15 is 0 Å². The Morgan fingerprint density at radius 1 is 0.800 bits per heavy atom. The van der Waals surface area contributed by atoms with Crippen molar-refractivity contribution in [3.05, 3.63) is 94.5 Å². The van der Waals surface area contributed by atoms with Crippen LogP contribution in [0.3, 0.4) is 0 Å². The Morgan fingerprint density at radius 2 is 1.48 bits per heavy atom. The first-order valence-electron chi connectivity index (χ1n) is 7.89. The van der Waals surface area contributed by atoms with E-state index in [4.69, 9.17) is 20.6 Å². The van der Waals surface area contributed by atoms with E-state index < -0.39 is 0 Å². The van der Waals surface area contributed by atoms with E-state index in [-0.39, 0.29) is 9.03 Å². The number of hydrogen-bond acceptors (Lipinski definition) is 2. The molecule has 2 nitrogen and oxygen atoms in total. The molecular formula is C21H18ClO2P. The molecule has 0 heterocycles. The van der Waals surface area contributed by atoms with Crippen LogP contribution in [0.25, 0.3) is 12.2 Å². The zero-order valence-electron chi connectivity index (χ0n) is 13.8. The Labute approximate surface area is 155 Å². The van der Waals surface area contributed by atoms with Crippen molar-refractivity contribution in [1.82, 2.24) is 0 Å². The maximum absolute atomic E-state index is 6.24. The average Bonchev–Trinajstić information content (AvgIpc) is 2.63. The van der Waals surface area contributed by atoms with E-state index in [1.54, 1.807) is 0 Å². The van der Waals surface area contributed by atoms with E-state index in [9.17, 15) is 0 Å². The minimum atomic E-state index is -0.0761. The third kappa shape index (κ3) is 5.35. The zero-order valence-corrected chi connectivity index (χ0v) is 15.5. The summed E-state index contributed by atoms with van der Waals surface area (Å²) in [5, 5.41) is 0.760. The summed E-state index contributed by atoms with van der Waals surface area (Å²) in [6.45, 7) is 2.03. The molecule has 3 aromatic carbocycles. The highest BCUT2D eigenvalue weighted by Crippen LogP contribution is 2.25. The van der Waals surface area contributed by atoms with Gasteiger partial charge in [-0.3, -0.25) is 0 Å². The van der Waals surface area contributed by atoms with Gasteiger partial charge in [0.15, 0.2) is 0 Å². The lowest BCUT2D eigenvalue weighted by Gasteiger charge is -2.07. The third-order valence-corrected chi connectivity index (χ3v) is 4.52. The molecule has 0 aromatic heterocycles. The highest BCUT2D eigenvalue weighted by molar-refractivity contribution is 7.27. The largest absolute Gasteiger partial charge is 0.441 e. The summed E-state index contributed by atoms with van der Waals surface area (Å²) in [7, 11) is -0.0761. The first kappa shape index (κ1) is 17.5. The quantitative estimate of drug-likeness (QED) is 0.352. The van der Waals surface area contributed by atoms with Gasteiger partial charge in [-0.15, -0.1) is 0 Å². The molecule has 0 fully saturated rings. The van der Waals surface area contributed by atoms with Crippen LogP contribution in [0.15, 0.2) is 72.8 Å². The molecule has 0 saturated carbocycles. The van der Waals surface area contributed by atoms with Crippen molar-refractivity contribution in [3.8, 4) is 11.5 Å². The first-order chi connectivity index (χ1) is 12.2. The molecule has 126 valence electrons. The monoisotopic (exact) mass is 368 g/mol. The van der Waals surface area contributed by atoms with Crippen LogP contribution in [0, 0.1) is 6.92 Å². The van der Waals surface area contributed by atoms with E-state index in [1.807, 2.05) is 85.8 Å². The van der Waals surface area contributed by atoms with Gasteiger partial charge in [-0.1, -0.05) is 66.2 Å². The first-order valence-corrected chi connectivity index (χ1v) is 9.08. The average molecular weight is 369 g/mol. The van der Waals surface area contributed by atoms with Gasteiger partial charge in [0.2, 0.25) is 0 Å². The lowest BCUT2D eigenvalue weighted by atomic mass is 10.1. The van der Waals surface area contributed by atoms with Gasteiger partial charge >= 0.3 is 0 Å². The van der Waals surface area contributed by atoms with Crippen molar-refractivity contribution in [2.45, 2.75) is 6.92 Å². The lowest BCUT2D eigenvalue weighted by Crippen LogP contribution is -1.85. The van der Waals surface area contributed by atoms with Crippen LogP contribution in [0.5, 0.6) is 11.5 Å². The Balaban J connectivity index is 1.55. The fourth-order valence-electron chi connectivity index (χ4n) is 2.21. The SMILES string of the molecule is Cc1ccc(/C=C/c2ccc(OPOc3ccccc3)cc2)c(Cl)c1. The normalized spacial score (nSPS) is 11.3. The molecule has 0 aliphatic carbocycles. The Morgan fingerprint density at radius 3 is 2.16 bits per heavy atom. The Hall–Kier alpha value is -2.28. The van der Waals surface area contributed by atoms with Gasteiger partial charge in [0, 0.05) is 5.02 Å². The molecule has 1 unspecified atom stereocenters. The summed E-state index contributed by atoms with van der Waals surface area (Å²) < 4.78 is 11.2. The van der Waals surface area contributed by atoms with E-state index in [2.05, 4.69) is 6.07 Å². The Kier molecular flexibility index (Phi) is 6.11. The van der Waals surface area contributed by atoms with Crippen LogP contribution in [-0.2, 0) is 0 Å². The van der Waals surface area contributed by atoms with E-state index in [0.29, 0.717) is 0 Å². The topological polar surface area (TPSA) is 18.5 Å². The lowest BCUT2D eigenvalue weighted by molar-refractivity contribution is 0.516. The van der Waals surface area contributed by atoms with Crippen molar-refractivity contribution < 1.29 is 9.05 Å². The molecule has 0 spiro atoms. The number of halogens is 1. The van der Waals surface area contributed by atoms with Crippen LogP contribution in [0.4, 0.5) is 0 Å². The van der Waals surface area contributed by atoms with Gasteiger partial charge in [-0.25, -0.2) is 0 Å². The summed E-state index contributed by atoms with van der Waals surface area (Å²) in [5.41, 5.74) is 3.24. The van der Waals surface area contributed by atoms with Crippen LogP contribution < -0.4 is 9.05 Å². The summed E-state index contributed by atoms with van der Waals surface area (Å²) in [6, 6.07) is 23.5. The highest BCUT2D eigenvalue weighted by atomic mass is 35.5. The summed E-state index contributed by atoms with van der Waals surface area (Å²) >= 11 is 6.24. The van der Waals surface area contributed by atoms with Crippen molar-refractivity contribution in [2.24, 2.45) is 0 Å². The molecule has 3 aromatic rings. The molecule has 0 aliphatic heterocycles. The maximum atomic E-state index is 6.24. The number of hydrogen-bond donors (Lipinski definition) is 0. The third-order valence-electron chi connectivity index (χ3n) is 3.55. The fourth-order valence-corrected chi connectivity index (χ4v) is 3.01. The Bertz CT molecular complexity index is 846. The molecule has 0 bridgehead atoms. The second-order valence-electron chi connectivity index (χ2n) is 5.53. The standard InChI is InChI=1S/C21H18ClO2P/c1-16-7-11-18(21(22)15-16)12-8-17-9-13-20(14-10-17)24-25-23-19-5-3-2-4-6-19/h2-15,25H,1H3/b12-8+. The van der Waals surface area contributed by atoms with Crippen LogP contribution in [-0.4, -0.2) is 0 Å². The van der Waals surface area contributed by atoms with Crippen molar-refractivity contribution in [3.63, 3.8) is 0 Å². The molecule has 0 radical (unpaired) electrons. The second kappa shape index (κ2) is 8.71. The molecule has 0 aliphatic rings. The molecule has 25 heavy (non-hydrogen) atoms. The number of rotatable bonds is 6. The minimum absolute atomic E-state index is 0.0761. The smallest absolute Gasteiger partial charge is 0.275 e. The van der Waals surface area contributed by atoms with Gasteiger partial charge in [0.25, 0.3) is 9.03 Å². The fraction of sp³-hybridized carbons (Fsp3) is 0.0476. The number of para-hydroxylation sites is 1. The predicted molar refractivity (Wildman–Crippen MR) is 108 cm³/mol. The van der Waals surface area contributed by atoms with E-state index in [0.717, 1.165) is 33.2 Å². The van der Waals surface area contributed by atoms with Crippen LogP contribution >= 0.6 is 20.6 Å². The number of benzene rings is 3. The molecule has 3 rings (SSSR count). The number of aryl methyl sites for hydroxylation is 1. The molecule has 4 heteroatoms. The van der Waals surface area contributed by atoms with Crippen LogP contribution in [0.2, 0.25) is 5.02 Å². The molecule has 0 N–H and O–H groups in total. The molecular weight excluding hydrogens is 351 g/mol. The van der Waals surface area contributed by atoms with Gasteiger partial charge in [0.05, 0.1) is 0 Å². The maximum Gasteiger partial charge on any atom is 0.275 e. The highest BCUT2D eigenvalue weighted by Gasteiger charge is 1.98. The zero-order chi connectivity index (χ0) is 17.5. The second-order valence-corrected chi connectivity index (χ2v) is 6.51. The van der Waals surface area contributed by atoms with Crippen molar-refractivity contribution in [1.29, 1.82) is 0 Å². The summed E-state index contributed by atoms with van der Waals surface area (Å²) in [5.74, 6) is 1.58. The predicted octanol–water partition coefficient (Wildman–Crippen LogP) is 6.79. The summed E-state index contributed by atoms with van der Waals surface area (Å²) in [4.78, 5) is 0. The van der Waals surface area contributed by atoms with Crippen molar-refractivity contribution in [2.75, 3.05) is 0 Å². The van der Waals surface area contributed by atoms with Gasteiger partial charge < -0.3 is 9.05 Å². The minimum Gasteiger partial charge on any atom is -0.441 e. The summed E-state index contributed by atoms with van der Waals surface area (Å²) in [6.07, 6.45) is 4.04. The molecule has 0 amide bonds. The van der Waals surface area contributed by atoms with Crippen molar-refractivity contribution >= 4 is 32.8 Å². The van der Waals surface area contributed by atoms with Gasteiger partial charge in [-0.05, 0) is 53.9 Å². The molecule has 1 atom stereocenters. The van der Waals surface area contributed by atoms with E-state index in [1.165, 1.54) is 0 Å². The van der Waals surface area contributed by atoms with Crippen LogP contribution in [0.1, 0.15) is 16.7 Å². The van der Waals surface area contributed by atoms with Gasteiger partial charge in [-0.2, -0.15) is 0 Å².